The van der Waals surface area contributed by atoms with E-state index in [4.69, 9.17) is 0 Å². The average molecular weight is 415 g/mol. The first-order valence-corrected chi connectivity index (χ1v) is 11.0. The smallest absolute Gasteiger partial charge is 0.233 e. The van der Waals surface area contributed by atoms with Crippen molar-refractivity contribution >= 4 is 34.2 Å². The van der Waals surface area contributed by atoms with Crippen LogP contribution in [0, 0.1) is 25.7 Å². The SMILES string of the molecule is Cc1cc(-c2csc(NC(=O)CCN3C(=O)[C@@H]4CCCC[C@H]4C3=O)n2)c(C)n1C. The highest BCUT2D eigenvalue weighted by atomic mass is 32.1. The summed E-state index contributed by atoms with van der Waals surface area (Å²) >= 11 is 1.37. The quantitative estimate of drug-likeness (QED) is 0.761. The van der Waals surface area contributed by atoms with Gasteiger partial charge in [-0.3, -0.25) is 19.3 Å². The molecule has 1 saturated heterocycles. The number of fused-ring (bicyclic) bond motifs is 1. The molecule has 0 aromatic carbocycles. The Morgan fingerprint density at radius 3 is 2.45 bits per heavy atom. The van der Waals surface area contributed by atoms with Gasteiger partial charge in [0.05, 0.1) is 17.5 Å². The van der Waals surface area contributed by atoms with Crippen molar-refractivity contribution in [1.82, 2.24) is 14.5 Å². The highest BCUT2D eigenvalue weighted by Gasteiger charge is 2.47. The van der Waals surface area contributed by atoms with E-state index in [0.29, 0.717) is 5.13 Å². The molecule has 2 atom stereocenters. The van der Waals surface area contributed by atoms with Gasteiger partial charge in [0.25, 0.3) is 0 Å². The number of rotatable bonds is 5. The number of carbonyl (C=O) groups excluding carboxylic acids is 3. The van der Waals surface area contributed by atoms with Crippen LogP contribution in [0.1, 0.15) is 43.5 Å². The first kappa shape index (κ1) is 19.8. The maximum absolute atomic E-state index is 12.5. The number of aromatic nitrogens is 2. The van der Waals surface area contributed by atoms with Gasteiger partial charge in [-0.15, -0.1) is 11.3 Å². The molecule has 3 heterocycles. The van der Waals surface area contributed by atoms with Crippen LogP contribution in [0.25, 0.3) is 11.3 Å². The van der Waals surface area contributed by atoms with Gasteiger partial charge in [0, 0.05) is 42.3 Å². The van der Waals surface area contributed by atoms with E-state index in [2.05, 4.69) is 20.9 Å². The molecule has 7 nitrogen and oxygen atoms in total. The van der Waals surface area contributed by atoms with Crippen molar-refractivity contribution in [2.24, 2.45) is 18.9 Å². The van der Waals surface area contributed by atoms with Crippen molar-refractivity contribution in [3.05, 3.63) is 22.8 Å². The number of nitrogens with zero attached hydrogens (tertiary/aromatic N) is 3. The Bertz CT molecular complexity index is 953. The third kappa shape index (κ3) is 3.61. The minimum Gasteiger partial charge on any atom is -0.351 e. The number of nitrogens with one attached hydrogen (secondary N) is 1. The highest BCUT2D eigenvalue weighted by Crippen LogP contribution is 2.38. The predicted molar refractivity (Wildman–Crippen MR) is 111 cm³/mol. The van der Waals surface area contributed by atoms with Gasteiger partial charge in [-0.2, -0.15) is 0 Å². The van der Waals surface area contributed by atoms with Crippen molar-refractivity contribution in [3.8, 4) is 11.3 Å². The van der Waals surface area contributed by atoms with Crippen molar-refractivity contribution < 1.29 is 14.4 Å². The Morgan fingerprint density at radius 2 is 1.86 bits per heavy atom. The van der Waals surface area contributed by atoms with Gasteiger partial charge in [0.15, 0.2) is 5.13 Å². The van der Waals surface area contributed by atoms with E-state index in [1.807, 2.05) is 26.3 Å². The fourth-order valence-electron chi connectivity index (χ4n) is 4.42. The minimum atomic E-state index is -0.234. The maximum atomic E-state index is 12.5. The van der Waals surface area contributed by atoms with Crippen LogP contribution in [-0.2, 0) is 21.4 Å². The summed E-state index contributed by atoms with van der Waals surface area (Å²) in [5, 5.41) is 5.25. The second-order valence-corrected chi connectivity index (χ2v) is 8.86. The van der Waals surface area contributed by atoms with E-state index >= 15 is 0 Å². The molecule has 0 bridgehead atoms. The molecule has 1 saturated carbocycles. The molecular formula is C21H26N4O3S. The van der Waals surface area contributed by atoms with Crippen molar-refractivity contribution in [2.75, 3.05) is 11.9 Å². The molecular weight excluding hydrogens is 388 g/mol. The lowest BCUT2D eigenvalue weighted by atomic mass is 9.81. The van der Waals surface area contributed by atoms with E-state index in [-0.39, 0.29) is 42.5 Å². The Labute approximate surface area is 174 Å². The van der Waals surface area contributed by atoms with E-state index in [0.717, 1.165) is 48.3 Å². The lowest BCUT2D eigenvalue weighted by molar-refractivity contribution is -0.140. The topological polar surface area (TPSA) is 84.3 Å². The normalized spacial score (nSPS) is 21.6. The molecule has 2 aromatic heterocycles. The standard InChI is InChI=1S/C21H26N4O3S/c1-12-10-16(13(2)24(12)3)17-11-29-21(22-17)23-18(26)8-9-25-19(27)14-6-4-5-7-15(14)20(25)28/h10-11,14-15H,4-9H2,1-3H3,(H,22,23,26)/t14-,15-/m1/s1. The van der Waals surface area contributed by atoms with Crippen LogP contribution in [0.2, 0.25) is 0 Å². The van der Waals surface area contributed by atoms with Crippen molar-refractivity contribution in [3.63, 3.8) is 0 Å². The molecule has 4 rings (SSSR count). The Hall–Kier alpha value is -2.48. The van der Waals surface area contributed by atoms with Gasteiger partial charge >= 0.3 is 0 Å². The number of carbonyl (C=O) groups is 3. The van der Waals surface area contributed by atoms with E-state index < -0.39 is 0 Å². The molecule has 1 aliphatic carbocycles. The molecule has 29 heavy (non-hydrogen) atoms. The first-order valence-electron chi connectivity index (χ1n) is 10.1. The van der Waals surface area contributed by atoms with Gasteiger partial charge in [-0.05, 0) is 32.8 Å². The third-order valence-electron chi connectivity index (χ3n) is 6.30. The Morgan fingerprint density at radius 1 is 1.21 bits per heavy atom. The maximum Gasteiger partial charge on any atom is 0.233 e. The number of hydrogen-bond donors (Lipinski definition) is 1. The van der Waals surface area contributed by atoms with Crippen LogP contribution in [-0.4, -0.2) is 38.7 Å². The molecule has 0 radical (unpaired) electrons. The lowest BCUT2D eigenvalue weighted by Gasteiger charge is -2.19. The fourth-order valence-corrected chi connectivity index (χ4v) is 5.14. The summed E-state index contributed by atoms with van der Waals surface area (Å²) in [5.74, 6) is -0.767. The third-order valence-corrected chi connectivity index (χ3v) is 7.05. The average Bonchev–Trinajstić information content (AvgIpc) is 3.34. The van der Waals surface area contributed by atoms with Crippen LogP contribution in [0.4, 0.5) is 5.13 Å². The number of hydrogen-bond acceptors (Lipinski definition) is 5. The summed E-state index contributed by atoms with van der Waals surface area (Å²) in [6.07, 6.45) is 3.67. The molecule has 1 N–H and O–H groups in total. The Balaban J connectivity index is 1.36. The lowest BCUT2D eigenvalue weighted by Crippen LogP contribution is -2.34. The summed E-state index contributed by atoms with van der Waals surface area (Å²) in [6, 6.07) is 2.08. The molecule has 3 amide bonds. The van der Waals surface area contributed by atoms with Crippen molar-refractivity contribution in [1.29, 1.82) is 0 Å². The number of anilines is 1. The summed E-state index contributed by atoms with van der Waals surface area (Å²) in [7, 11) is 2.01. The zero-order valence-electron chi connectivity index (χ0n) is 17.0. The number of thiazole rings is 1. The van der Waals surface area contributed by atoms with E-state index in [1.54, 1.807) is 0 Å². The van der Waals surface area contributed by atoms with Crippen LogP contribution in [0.3, 0.4) is 0 Å². The zero-order valence-corrected chi connectivity index (χ0v) is 17.8. The second kappa shape index (κ2) is 7.74. The molecule has 1 aliphatic heterocycles. The van der Waals surface area contributed by atoms with Crippen molar-refractivity contribution in [2.45, 2.75) is 46.0 Å². The van der Waals surface area contributed by atoms with Crippen LogP contribution >= 0.6 is 11.3 Å². The molecule has 2 aromatic rings. The fraction of sp³-hybridized carbons (Fsp3) is 0.524. The number of aryl methyl sites for hydroxylation is 1. The zero-order chi connectivity index (χ0) is 20.7. The van der Waals surface area contributed by atoms with Gasteiger partial charge < -0.3 is 9.88 Å². The van der Waals surface area contributed by atoms with E-state index in [1.165, 1.54) is 16.2 Å². The van der Waals surface area contributed by atoms with E-state index in [9.17, 15) is 14.4 Å². The first-order chi connectivity index (χ1) is 13.9. The Kier molecular flexibility index (Phi) is 5.29. The highest BCUT2D eigenvalue weighted by molar-refractivity contribution is 7.14. The van der Waals surface area contributed by atoms with Gasteiger partial charge in [-0.1, -0.05) is 12.8 Å². The van der Waals surface area contributed by atoms with Gasteiger partial charge in [-0.25, -0.2) is 4.98 Å². The monoisotopic (exact) mass is 414 g/mol. The molecule has 154 valence electrons. The molecule has 0 spiro atoms. The largest absolute Gasteiger partial charge is 0.351 e. The molecule has 2 aliphatic rings. The summed E-state index contributed by atoms with van der Waals surface area (Å²) in [6.45, 7) is 4.23. The predicted octanol–water partition coefficient (Wildman–Crippen LogP) is 3.27. The van der Waals surface area contributed by atoms with Crippen LogP contribution < -0.4 is 5.32 Å². The molecule has 2 fully saturated rings. The summed E-state index contributed by atoms with van der Waals surface area (Å²) < 4.78 is 2.11. The minimum absolute atomic E-state index is 0.0926. The van der Waals surface area contributed by atoms with Gasteiger partial charge in [0.1, 0.15) is 0 Å². The number of amides is 3. The summed E-state index contributed by atoms with van der Waals surface area (Å²) in [4.78, 5) is 43.2. The number of imide groups is 1. The molecule has 0 unspecified atom stereocenters. The van der Waals surface area contributed by atoms with Crippen LogP contribution in [0.15, 0.2) is 11.4 Å². The summed E-state index contributed by atoms with van der Waals surface area (Å²) in [5.41, 5.74) is 4.16. The van der Waals surface area contributed by atoms with Crippen LogP contribution in [0.5, 0.6) is 0 Å². The molecule has 8 heteroatoms. The van der Waals surface area contributed by atoms with Gasteiger partial charge in [0.2, 0.25) is 17.7 Å². The second-order valence-electron chi connectivity index (χ2n) is 8.01. The number of likely N-dealkylation sites (tertiary alicyclic amines) is 1.